The van der Waals surface area contributed by atoms with Crippen molar-refractivity contribution >= 4 is 0 Å². The number of nitrogens with zero attached hydrogens (tertiary/aromatic N) is 2. The van der Waals surface area contributed by atoms with E-state index in [9.17, 15) is 4.39 Å². The Morgan fingerprint density at radius 3 is 1.74 bits per heavy atom. The van der Waals surface area contributed by atoms with Crippen LogP contribution < -0.4 is 0 Å². The quantitative estimate of drug-likeness (QED) is 0.204. The highest BCUT2D eigenvalue weighted by atomic mass is 19.1. The molecule has 0 amide bonds. The molecule has 2 unspecified atom stereocenters. The fourth-order valence-electron chi connectivity index (χ4n) is 9.31. The first kappa shape index (κ1) is 36.5. The van der Waals surface area contributed by atoms with Crippen LogP contribution >= 0.6 is 0 Å². The average molecular weight is 673 g/mol. The Labute approximate surface area is 302 Å². The van der Waals surface area contributed by atoms with Crippen LogP contribution in [0.5, 0.6) is 0 Å². The largest absolute Gasteiger partial charge is 0.236 e. The fraction of sp³-hybridized carbons (Fsp3) is 0.532. The van der Waals surface area contributed by atoms with Gasteiger partial charge in [0.25, 0.3) is 0 Å². The molecule has 3 aromatic carbocycles. The second-order valence-corrected chi connectivity index (χ2v) is 16.9. The van der Waals surface area contributed by atoms with E-state index in [1.54, 1.807) is 36.5 Å². The summed E-state index contributed by atoms with van der Waals surface area (Å²) in [6.45, 7) is 13.6. The molecule has 4 aromatic rings. The van der Waals surface area contributed by atoms with Crippen molar-refractivity contribution in [1.29, 1.82) is 0 Å². The van der Waals surface area contributed by atoms with Gasteiger partial charge in [-0.2, -0.15) is 0 Å². The minimum Gasteiger partial charge on any atom is -0.236 e. The van der Waals surface area contributed by atoms with E-state index in [1.165, 1.54) is 76.7 Å². The van der Waals surface area contributed by atoms with Crippen LogP contribution in [-0.2, 0) is 6.42 Å². The Bertz CT molecular complexity index is 1610. The molecule has 2 atom stereocenters. The summed E-state index contributed by atoms with van der Waals surface area (Å²) in [6, 6.07) is 23.0. The third-order valence-corrected chi connectivity index (χ3v) is 13.1. The van der Waals surface area contributed by atoms with Gasteiger partial charge >= 0.3 is 0 Å². The molecule has 3 heteroatoms. The number of rotatable bonds is 6. The van der Waals surface area contributed by atoms with E-state index in [0.717, 1.165) is 69.6 Å². The average Bonchev–Trinajstić information content (AvgIpc) is 3.13. The van der Waals surface area contributed by atoms with E-state index >= 15 is 0 Å². The van der Waals surface area contributed by atoms with E-state index in [0.29, 0.717) is 11.4 Å². The number of aromatic nitrogens is 2. The van der Waals surface area contributed by atoms with E-state index < -0.39 is 0 Å². The lowest BCUT2D eigenvalue weighted by Gasteiger charge is -2.38. The number of hydrogen-bond donors (Lipinski definition) is 0. The Morgan fingerprint density at radius 2 is 1.16 bits per heavy atom. The van der Waals surface area contributed by atoms with Crippen LogP contribution in [0.3, 0.4) is 0 Å². The van der Waals surface area contributed by atoms with Gasteiger partial charge in [-0.3, -0.25) is 0 Å². The van der Waals surface area contributed by atoms with Gasteiger partial charge in [0.2, 0.25) is 0 Å². The molecule has 0 saturated heterocycles. The number of hydrogen-bond acceptors (Lipinski definition) is 2. The van der Waals surface area contributed by atoms with E-state index in [2.05, 4.69) is 61.9 Å². The molecule has 3 fully saturated rings. The van der Waals surface area contributed by atoms with Crippen molar-refractivity contribution in [3.8, 4) is 22.5 Å². The zero-order valence-electron chi connectivity index (χ0n) is 31.7. The molecule has 0 spiro atoms. The molecule has 2 nitrogen and oxygen atoms in total. The molecular weight excluding hydrogens is 612 g/mol. The molecule has 3 aliphatic carbocycles. The van der Waals surface area contributed by atoms with Gasteiger partial charge in [0.1, 0.15) is 5.82 Å². The normalized spacial score (nSPS) is 28.4. The van der Waals surface area contributed by atoms with Crippen molar-refractivity contribution in [2.45, 2.75) is 118 Å². The summed E-state index contributed by atoms with van der Waals surface area (Å²) in [5, 5.41) is 0. The van der Waals surface area contributed by atoms with Gasteiger partial charge in [-0.05, 0) is 164 Å². The SMILES string of the molecule is CC1CCC(C2CCC(Cc3ccc(C4CC(C)C(C)C(C)C4)cc3)CC2)CC1.Cc1cnc(-c2ccc(-c3ccc(F)c(C)c3)cc2)nc1. The maximum atomic E-state index is 13.3. The number of benzene rings is 3. The predicted octanol–water partition coefficient (Wildman–Crippen LogP) is 13.2. The summed E-state index contributed by atoms with van der Waals surface area (Å²) in [6.07, 6.45) is 19.7. The molecule has 0 bridgehead atoms. The number of aryl methyl sites for hydroxylation is 2. The van der Waals surface area contributed by atoms with E-state index in [4.69, 9.17) is 0 Å². The molecule has 0 radical (unpaired) electrons. The molecule has 3 aliphatic rings. The fourth-order valence-corrected chi connectivity index (χ4v) is 9.31. The molecule has 1 aromatic heterocycles. The van der Waals surface area contributed by atoms with Crippen LogP contribution in [0.2, 0.25) is 0 Å². The van der Waals surface area contributed by atoms with Gasteiger partial charge in [-0.15, -0.1) is 0 Å². The zero-order chi connectivity index (χ0) is 35.2. The lowest BCUT2D eigenvalue weighted by atomic mass is 9.68. The van der Waals surface area contributed by atoms with Gasteiger partial charge < -0.3 is 0 Å². The van der Waals surface area contributed by atoms with Gasteiger partial charge in [0, 0.05) is 18.0 Å². The Balaban J connectivity index is 0.000000182. The van der Waals surface area contributed by atoms with Gasteiger partial charge in [0.05, 0.1) is 0 Å². The van der Waals surface area contributed by atoms with Crippen molar-refractivity contribution < 1.29 is 4.39 Å². The summed E-state index contributed by atoms with van der Waals surface area (Å²) in [5.74, 6) is 8.00. The number of halogens is 1. The monoisotopic (exact) mass is 672 g/mol. The molecular formula is C47H61FN2. The predicted molar refractivity (Wildman–Crippen MR) is 209 cm³/mol. The first-order valence-electron chi connectivity index (χ1n) is 19.9. The van der Waals surface area contributed by atoms with Crippen molar-refractivity contribution in [3.63, 3.8) is 0 Å². The highest BCUT2D eigenvalue weighted by Gasteiger charge is 2.32. The van der Waals surface area contributed by atoms with Crippen molar-refractivity contribution in [2.75, 3.05) is 0 Å². The van der Waals surface area contributed by atoms with E-state index in [1.807, 2.05) is 37.3 Å². The second kappa shape index (κ2) is 16.8. The first-order chi connectivity index (χ1) is 24.1. The molecule has 0 aliphatic heterocycles. The third-order valence-electron chi connectivity index (χ3n) is 13.1. The molecule has 50 heavy (non-hydrogen) atoms. The zero-order valence-corrected chi connectivity index (χ0v) is 31.7. The molecule has 3 saturated carbocycles. The van der Waals surface area contributed by atoms with E-state index in [-0.39, 0.29) is 5.82 Å². The Kier molecular flexibility index (Phi) is 12.2. The van der Waals surface area contributed by atoms with Crippen molar-refractivity contribution in [1.82, 2.24) is 9.97 Å². The van der Waals surface area contributed by atoms with Crippen LogP contribution in [0.25, 0.3) is 22.5 Å². The van der Waals surface area contributed by atoms with Crippen molar-refractivity contribution in [3.05, 3.63) is 107 Å². The van der Waals surface area contributed by atoms with Crippen LogP contribution in [-0.4, -0.2) is 9.97 Å². The van der Waals surface area contributed by atoms with Crippen LogP contribution in [0.15, 0.2) is 79.1 Å². The van der Waals surface area contributed by atoms with Crippen LogP contribution in [0, 0.1) is 61.1 Å². The maximum Gasteiger partial charge on any atom is 0.159 e. The third kappa shape index (κ3) is 9.31. The second-order valence-electron chi connectivity index (χ2n) is 16.9. The minimum atomic E-state index is -0.177. The standard InChI is InChI=1S/C29H46.C18H15FN2/c1-20-5-11-26(12-6-20)27-13-7-24(8-14-27)19-25-9-15-28(16-10-25)29-17-21(2)23(4)22(3)18-29;1-12-10-20-18(21-11-12)15-5-3-14(4-6-15)16-7-8-17(19)13(2)9-16/h9-10,15-16,20-24,26-27,29H,5-8,11-14,17-19H2,1-4H3;3-11H,1-2H3. The molecule has 7 rings (SSSR count). The topological polar surface area (TPSA) is 25.8 Å². The Morgan fingerprint density at radius 1 is 0.620 bits per heavy atom. The first-order valence-corrected chi connectivity index (χ1v) is 19.9. The highest BCUT2D eigenvalue weighted by molar-refractivity contribution is 5.68. The molecule has 1 heterocycles. The van der Waals surface area contributed by atoms with Crippen LogP contribution in [0.4, 0.5) is 4.39 Å². The Hall–Kier alpha value is -3.33. The van der Waals surface area contributed by atoms with Crippen molar-refractivity contribution in [2.24, 2.45) is 41.4 Å². The van der Waals surface area contributed by atoms with Gasteiger partial charge in [-0.1, -0.05) is 95.1 Å². The lowest BCUT2D eigenvalue weighted by Crippen LogP contribution is -2.26. The van der Waals surface area contributed by atoms with Crippen LogP contribution in [0.1, 0.15) is 120 Å². The molecule has 0 N–H and O–H groups in total. The minimum absolute atomic E-state index is 0.177. The van der Waals surface area contributed by atoms with Gasteiger partial charge in [0.15, 0.2) is 5.82 Å². The summed E-state index contributed by atoms with van der Waals surface area (Å²) in [4.78, 5) is 8.63. The van der Waals surface area contributed by atoms with Gasteiger partial charge in [-0.25, -0.2) is 14.4 Å². The summed E-state index contributed by atoms with van der Waals surface area (Å²) >= 11 is 0. The molecule has 266 valence electrons. The maximum absolute atomic E-state index is 13.3. The summed E-state index contributed by atoms with van der Waals surface area (Å²) in [5.41, 5.74) is 7.91. The highest BCUT2D eigenvalue weighted by Crippen LogP contribution is 2.44. The summed E-state index contributed by atoms with van der Waals surface area (Å²) < 4.78 is 13.3. The lowest BCUT2D eigenvalue weighted by molar-refractivity contribution is 0.150. The summed E-state index contributed by atoms with van der Waals surface area (Å²) in [7, 11) is 0. The smallest absolute Gasteiger partial charge is 0.159 e.